The molecule has 0 radical (unpaired) electrons. The largest absolute Gasteiger partial charge is 0.461 e. The Hall–Kier alpha value is -1.64. The molecular formula is C14H14F2O. The zero-order valence-corrected chi connectivity index (χ0v) is 9.67. The van der Waals surface area contributed by atoms with E-state index in [4.69, 9.17) is 4.42 Å². The van der Waals surface area contributed by atoms with Crippen molar-refractivity contribution < 1.29 is 13.2 Å². The molecule has 0 spiro atoms. The first-order valence-electron chi connectivity index (χ1n) is 5.75. The molecule has 0 aliphatic carbocycles. The van der Waals surface area contributed by atoms with Gasteiger partial charge < -0.3 is 4.42 Å². The lowest BCUT2D eigenvalue weighted by Gasteiger charge is -1.99. The van der Waals surface area contributed by atoms with E-state index in [-0.39, 0.29) is 0 Å². The second kappa shape index (κ2) is 5.13. The maximum absolute atomic E-state index is 13.5. The number of halogens is 2. The maximum atomic E-state index is 13.5. The smallest absolute Gasteiger partial charge is 0.137 e. The number of hydrogen-bond donors (Lipinski definition) is 0. The van der Waals surface area contributed by atoms with Crippen LogP contribution in [-0.2, 0) is 6.42 Å². The molecule has 1 heterocycles. The molecule has 1 aromatic carbocycles. The van der Waals surface area contributed by atoms with Crippen LogP contribution >= 0.6 is 0 Å². The summed E-state index contributed by atoms with van der Waals surface area (Å²) in [5.41, 5.74) is 0.300. The number of rotatable bonds is 4. The van der Waals surface area contributed by atoms with E-state index < -0.39 is 11.6 Å². The zero-order chi connectivity index (χ0) is 12.3. The molecule has 1 aromatic heterocycles. The van der Waals surface area contributed by atoms with Crippen molar-refractivity contribution in [3.63, 3.8) is 0 Å². The van der Waals surface area contributed by atoms with Crippen molar-refractivity contribution in [2.75, 3.05) is 0 Å². The minimum Gasteiger partial charge on any atom is -0.461 e. The van der Waals surface area contributed by atoms with Gasteiger partial charge in [0.15, 0.2) is 0 Å². The average Bonchev–Trinajstić information content (AvgIpc) is 2.75. The summed E-state index contributed by atoms with van der Waals surface area (Å²) < 4.78 is 31.8. The van der Waals surface area contributed by atoms with Crippen LogP contribution in [0.4, 0.5) is 8.78 Å². The molecule has 0 unspecified atom stereocenters. The standard InChI is InChI=1S/C14H14F2O/c1-2-3-4-11-6-8-14(17-11)12-7-5-10(15)9-13(12)16/h5-9H,2-4H2,1H3. The third-order valence-electron chi connectivity index (χ3n) is 2.63. The van der Waals surface area contributed by atoms with Crippen LogP contribution in [0.15, 0.2) is 34.7 Å². The van der Waals surface area contributed by atoms with E-state index in [1.165, 1.54) is 12.1 Å². The van der Waals surface area contributed by atoms with Gasteiger partial charge in [-0.3, -0.25) is 0 Å². The highest BCUT2D eigenvalue weighted by molar-refractivity contribution is 5.58. The summed E-state index contributed by atoms with van der Waals surface area (Å²) in [6.45, 7) is 2.10. The van der Waals surface area contributed by atoms with Gasteiger partial charge >= 0.3 is 0 Å². The Morgan fingerprint density at radius 1 is 1.12 bits per heavy atom. The second-order valence-corrected chi connectivity index (χ2v) is 3.99. The van der Waals surface area contributed by atoms with Gasteiger partial charge in [-0.05, 0) is 30.7 Å². The maximum Gasteiger partial charge on any atom is 0.137 e. The Balaban J connectivity index is 2.24. The molecule has 0 amide bonds. The molecule has 2 rings (SSSR count). The number of benzene rings is 1. The quantitative estimate of drug-likeness (QED) is 0.758. The van der Waals surface area contributed by atoms with Crippen molar-refractivity contribution in [3.8, 4) is 11.3 Å². The summed E-state index contributed by atoms with van der Waals surface area (Å²) in [5.74, 6) is 0.115. The fraction of sp³-hybridized carbons (Fsp3) is 0.286. The highest BCUT2D eigenvalue weighted by Gasteiger charge is 2.10. The van der Waals surface area contributed by atoms with Gasteiger partial charge in [-0.15, -0.1) is 0 Å². The zero-order valence-electron chi connectivity index (χ0n) is 9.67. The van der Waals surface area contributed by atoms with Crippen LogP contribution in [0, 0.1) is 11.6 Å². The van der Waals surface area contributed by atoms with Crippen molar-refractivity contribution in [3.05, 3.63) is 47.7 Å². The fourth-order valence-electron chi connectivity index (χ4n) is 1.70. The molecule has 0 saturated heterocycles. The van der Waals surface area contributed by atoms with Gasteiger partial charge in [-0.2, -0.15) is 0 Å². The predicted octanol–water partition coefficient (Wildman–Crippen LogP) is 4.57. The second-order valence-electron chi connectivity index (χ2n) is 3.99. The summed E-state index contributed by atoms with van der Waals surface area (Å²) in [7, 11) is 0. The molecule has 0 fully saturated rings. The Morgan fingerprint density at radius 3 is 2.65 bits per heavy atom. The summed E-state index contributed by atoms with van der Waals surface area (Å²) in [4.78, 5) is 0. The summed E-state index contributed by atoms with van der Waals surface area (Å²) in [5, 5.41) is 0. The van der Waals surface area contributed by atoms with Crippen molar-refractivity contribution in [1.29, 1.82) is 0 Å². The Morgan fingerprint density at radius 2 is 1.94 bits per heavy atom. The van der Waals surface area contributed by atoms with Crippen LogP contribution in [0.2, 0.25) is 0 Å². The van der Waals surface area contributed by atoms with Gasteiger partial charge in [-0.1, -0.05) is 13.3 Å². The molecule has 2 aromatic rings. The summed E-state index contributed by atoms with van der Waals surface area (Å²) in [6, 6.07) is 7.05. The number of furan rings is 1. The normalized spacial score (nSPS) is 10.8. The molecule has 0 atom stereocenters. The first kappa shape index (κ1) is 11.8. The van der Waals surface area contributed by atoms with Gasteiger partial charge in [-0.25, -0.2) is 8.78 Å². The van der Waals surface area contributed by atoms with Gasteiger partial charge in [0.2, 0.25) is 0 Å². The number of aryl methyl sites for hydroxylation is 1. The average molecular weight is 236 g/mol. The van der Waals surface area contributed by atoms with E-state index in [2.05, 4.69) is 6.92 Å². The monoisotopic (exact) mass is 236 g/mol. The molecule has 3 heteroatoms. The first-order chi connectivity index (χ1) is 8.20. The molecule has 90 valence electrons. The van der Waals surface area contributed by atoms with Crippen LogP contribution in [0.3, 0.4) is 0 Å². The van der Waals surface area contributed by atoms with Crippen LogP contribution in [0.1, 0.15) is 25.5 Å². The van der Waals surface area contributed by atoms with Crippen LogP contribution in [-0.4, -0.2) is 0 Å². The summed E-state index contributed by atoms with van der Waals surface area (Å²) >= 11 is 0. The third-order valence-corrected chi connectivity index (χ3v) is 2.63. The van der Waals surface area contributed by atoms with E-state index in [0.29, 0.717) is 11.3 Å². The Labute approximate surface area is 99.1 Å². The minimum atomic E-state index is -0.596. The minimum absolute atomic E-state index is 0.300. The molecule has 17 heavy (non-hydrogen) atoms. The van der Waals surface area contributed by atoms with E-state index in [0.717, 1.165) is 31.1 Å². The highest BCUT2D eigenvalue weighted by atomic mass is 19.1. The van der Waals surface area contributed by atoms with Gasteiger partial charge in [0, 0.05) is 12.5 Å². The first-order valence-corrected chi connectivity index (χ1v) is 5.75. The number of hydrogen-bond acceptors (Lipinski definition) is 1. The van der Waals surface area contributed by atoms with Crippen molar-refractivity contribution in [1.82, 2.24) is 0 Å². The molecule has 0 aliphatic rings. The molecule has 0 saturated carbocycles. The van der Waals surface area contributed by atoms with Crippen molar-refractivity contribution in [2.24, 2.45) is 0 Å². The Bertz CT molecular complexity index is 503. The molecular weight excluding hydrogens is 222 g/mol. The lowest BCUT2D eigenvalue weighted by Crippen LogP contribution is -1.84. The molecule has 0 N–H and O–H groups in total. The summed E-state index contributed by atoms with van der Waals surface area (Å²) in [6.07, 6.45) is 2.97. The van der Waals surface area contributed by atoms with Crippen LogP contribution in [0.5, 0.6) is 0 Å². The third kappa shape index (κ3) is 2.73. The Kier molecular flexibility index (Phi) is 3.57. The SMILES string of the molecule is CCCCc1ccc(-c2ccc(F)cc2F)o1. The number of unbranched alkanes of at least 4 members (excludes halogenated alkanes) is 1. The molecule has 1 nitrogen and oxygen atoms in total. The predicted molar refractivity (Wildman–Crippen MR) is 62.7 cm³/mol. The lowest BCUT2D eigenvalue weighted by molar-refractivity contribution is 0.507. The van der Waals surface area contributed by atoms with E-state index in [9.17, 15) is 8.78 Å². The van der Waals surface area contributed by atoms with Gasteiger partial charge in [0.1, 0.15) is 23.2 Å². The molecule has 0 bridgehead atoms. The van der Waals surface area contributed by atoms with Crippen LogP contribution in [0.25, 0.3) is 11.3 Å². The lowest BCUT2D eigenvalue weighted by atomic mass is 10.1. The fourth-order valence-corrected chi connectivity index (χ4v) is 1.70. The topological polar surface area (TPSA) is 13.1 Å². The van der Waals surface area contributed by atoms with Gasteiger partial charge in [0.05, 0.1) is 5.56 Å². The van der Waals surface area contributed by atoms with Crippen molar-refractivity contribution >= 4 is 0 Å². The van der Waals surface area contributed by atoms with Crippen LogP contribution < -0.4 is 0 Å². The highest BCUT2D eigenvalue weighted by Crippen LogP contribution is 2.26. The molecule has 0 aliphatic heterocycles. The van der Waals surface area contributed by atoms with Crippen molar-refractivity contribution in [2.45, 2.75) is 26.2 Å². The van der Waals surface area contributed by atoms with E-state index >= 15 is 0 Å². The van der Waals surface area contributed by atoms with E-state index in [1.807, 2.05) is 6.07 Å². The van der Waals surface area contributed by atoms with E-state index in [1.54, 1.807) is 6.07 Å². The van der Waals surface area contributed by atoms with Gasteiger partial charge in [0.25, 0.3) is 0 Å².